The van der Waals surface area contributed by atoms with Gasteiger partial charge in [0.05, 0.1) is 12.0 Å². The lowest BCUT2D eigenvalue weighted by atomic mass is 10.1. The van der Waals surface area contributed by atoms with E-state index in [1.165, 1.54) is 32.1 Å². The predicted molar refractivity (Wildman–Crippen MR) is 98.9 cm³/mol. The van der Waals surface area contributed by atoms with Crippen molar-refractivity contribution >= 4 is 17.3 Å². The summed E-state index contributed by atoms with van der Waals surface area (Å²) in [6.45, 7) is 0.454. The van der Waals surface area contributed by atoms with Crippen LogP contribution in [0, 0.1) is 10.1 Å². The van der Waals surface area contributed by atoms with Crippen LogP contribution in [0.1, 0.15) is 41.6 Å². The van der Waals surface area contributed by atoms with Gasteiger partial charge in [-0.05, 0) is 43.4 Å². The highest BCUT2D eigenvalue weighted by Crippen LogP contribution is 2.25. The van der Waals surface area contributed by atoms with Crippen molar-refractivity contribution in [2.24, 2.45) is 0 Å². The Kier molecular flexibility index (Phi) is 5.85. The standard InChI is InChI=1S/C19H21N3O5/c1-26-19(23)16-10-14(7-8-17(16)22(24)25)20-11-13-6-9-18(21-12-13)27-15-4-2-3-5-15/h6-10,12,15,20H,2-5,11H2,1H3. The molecule has 0 radical (unpaired) electrons. The highest BCUT2D eigenvalue weighted by molar-refractivity contribution is 5.95. The molecule has 1 heterocycles. The van der Waals surface area contributed by atoms with Crippen molar-refractivity contribution in [3.8, 4) is 5.88 Å². The Bertz CT molecular complexity index is 817. The second kappa shape index (κ2) is 8.48. The minimum Gasteiger partial charge on any atom is -0.474 e. The molecule has 27 heavy (non-hydrogen) atoms. The first-order valence-corrected chi connectivity index (χ1v) is 8.79. The number of benzene rings is 1. The van der Waals surface area contributed by atoms with Gasteiger partial charge in [-0.15, -0.1) is 0 Å². The summed E-state index contributed by atoms with van der Waals surface area (Å²) in [5, 5.41) is 14.2. The van der Waals surface area contributed by atoms with Crippen molar-refractivity contribution in [1.82, 2.24) is 4.98 Å². The van der Waals surface area contributed by atoms with Gasteiger partial charge >= 0.3 is 5.97 Å². The number of pyridine rings is 1. The zero-order valence-electron chi connectivity index (χ0n) is 15.0. The number of aromatic nitrogens is 1. The summed E-state index contributed by atoms with van der Waals surface area (Å²) in [6.07, 6.45) is 6.55. The maximum Gasteiger partial charge on any atom is 0.344 e. The minimum absolute atomic E-state index is 0.0917. The van der Waals surface area contributed by atoms with Crippen LogP contribution in [-0.4, -0.2) is 29.1 Å². The van der Waals surface area contributed by atoms with E-state index in [1.807, 2.05) is 12.1 Å². The number of nitro benzene ring substituents is 1. The third-order valence-corrected chi connectivity index (χ3v) is 4.48. The first-order valence-electron chi connectivity index (χ1n) is 8.79. The smallest absolute Gasteiger partial charge is 0.344 e. The van der Waals surface area contributed by atoms with Crippen LogP contribution in [0.25, 0.3) is 0 Å². The number of hydrogen-bond donors (Lipinski definition) is 1. The molecule has 1 N–H and O–H groups in total. The Morgan fingerprint density at radius 3 is 2.70 bits per heavy atom. The van der Waals surface area contributed by atoms with Crippen molar-refractivity contribution in [3.05, 3.63) is 57.8 Å². The van der Waals surface area contributed by atoms with Crippen molar-refractivity contribution in [3.63, 3.8) is 0 Å². The largest absolute Gasteiger partial charge is 0.474 e. The number of nitrogens with one attached hydrogen (secondary N) is 1. The normalized spacial score (nSPS) is 14.0. The molecular formula is C19H21N3O5. The maximum absolute atomic E-state index is 11.8. The van der Waals surface area contributed by atoms with E-state index in [-0.39, 0.29) is 17.4 Å². The van der Waals surface area contributed by atoms with Gasteiger partial charge in [0.15, 0.2) is 0 Å². The van der Waals surface area contributed by atoms with E-state index in [4.69, 9.17) is 4.74 Å². The molecule has 1 aliphatic rings. The van der Waals surface area contributed by atoms with Crippen LogP contribution >= 0.6 is 0 Å². The molecule has 1 aromatic heterocycles. The second-order valence-electron chi connectivity index (χ2n) is 6.36. The molecule has 0 atom stereocenters. The summed E-state index contributed by atoms with van der Waals surface area (Å²) in [4.78, 5) is 26.5. The number of nitrogens with zero attached hydrogens (tertiary/aromatic N) is 2. The number of anilines is 1. The molecule has 1 saturated carbocycles. The number of nitro groups is 1. The number of carbonyl (C=O) groups is 1. The third-order valence-electron chi connectivity index (χ3n) is 4.48. The van der Waals surface area contributed by atoms with E-state index in [9.17, 15) is 14.9 Å². The third kappa shape index (κ3) is 4.72. The highest BCUT2D eigenvalue weighted by atomic mass is 16.6. The molecule has 0 aliphatic heterocycles. The zero-order valence-corrected chi connectivity index (χ0v) is 15.0. The van der Waals surface area contributed by atoms with E-state index in [0.29, 0.717) is 18.1 Å². The molecule has 8 nitrogen and oxygen atoms in total. The van der Waals surface area contributed by atoms with Gasteiger partial charge in [-0.1, -0.05) is 6.07 Å². The molecule has 0 bridgehead atoms. The van der Waals surface area contributed by atoms with Gasteiger partial charge in [-0.2, -0.15) is 0 Å². The lowest BCUT2D eigenvalue weighted by Crippen LogP contribution is -2.12. The number of hydrogen-bond acceptors (Lipinski definition) is 7. The maximum atomic E-state index is 11.8. The van der Waals surface area contributed by atoms with Gasteiger partial charge in [0.2, 0.25) is 5.88 Å². The summed E-state index contributed by atoms with van der Waals surface area (Å²) in [7, 11) is 1.19. The Labute approximate surface area is 156 Å². The molecule has 8 heteroatoms. The molecule has 0 spiro atoms. The Hall–Kier alpha value is -3.16. The lowest BCUT2D eigenvalue weighted by Gasteiger charge is -2.12. The van der Waals surface area contributed by atoms with Gasteiger partial charge in [0.1, 0.15) is 11.7 Å². The average Bonchev–Trinajstić information content (AvgIpc) is 3.19. The molecule has 142 valence electrons. The number of methoxy groups -OCH3 is 1. The van der Waals surface area contributed by atoms with Crippen LogP contribution in [0.4, 0.5) is 11.4 Å². The van der Waals surface area contributed by atoms with Crippen molar-refractivity contribution in [2.75, 3.05) is 12.4 Å². The molecule has 1 aliphatic carbocycles. The number of esters is 1. The van der Waals surface area contributed by atoms with Crippen LogP contribution in [-0.2, 0) is 11.3 Å². The first-order chi connectivity index (χ1) is 13.1. The molecule has 0 unspecified atom stereocenters. The summed E-state index contributed by atoms with van der Waals surface area (Å²) in [6, 6.07) is 8.00. The fourth-order valence-corrected chi connectivity index (χ4v) is 3.04. The summed E-state index contributed by atoms with van der Waals surface area (Å²) >= 11 is 0. The molecule has 2 aromatic rings. The quantitative estimate of drug-likeness (QED) is 0.449. The topological polar surface area (TPSA) is 104 Å². The SMILES string of the molecule is COC(=O)c1cc(NCc2ccc(OC3CCCC3)nc2)ccc1[N+](=O)[O-]. The van der Waals surface area contributed by atoms with Crippen LogP contribution in [0.3, 0.4) is 0 Å². The fourth-order valence-electron chi connectivity index (χ4n) is 3.04. The van der Waals surface area contributed by atoms with Gasteiger partial charge in [0, 0.05) is 30.6 Å². The second-order valence-corrected chi connectivity index (χ2v) is 6.36. The van der Waals surface area contributed by atoms with Crippen molar-refractivity contribution in [2.45, 2.75) is 38.3 Å². The van der Waals surface area contributed by atoms with E-state index < -0.39 is 10.9 Å². The van der Waals surface area contributed by atoms with Crippen molar-refractivity contribution in [1.29, 1.82) is 0 Å². The van der Waals surface area contributed by atoms with Gasteiger partial charge < -0.3 is 14.8 Å². The molecular weight excluding hydrogens is 350 g/mol. The number of carbonyl (C=O) groups excluding carboxylic acids is 1. The monoisotopic (exact) mass is 371 g/mol. The fraction of sp³-hybridized carbons (Fsp3) is 0.368. The van der Waals surface area contributed by atoms with Crippen molar-refractivity contribution < 1.29 is 19.2 Å². The number of rotatable bonds is 7. The Morgan fingerprint density at radius 2 is 2.07 bits per heavy atom. The van der Waals surface area contributed by atoms with Crippen LogP contribution < -0.4 is 10.1 Å². The molecule has 3 rings (SSSR count). The predicted octanol–water partition coefficient (Wildman–Crippen LogP) is 3.71. The minimum atomic E-state index is -0.750. The molecule has 0 saturated heterocycles. The molecule has 0 amide bonds. The molecule has 1 aromatic carbocycles. The number of ether oxygens (including phenoxy) is 2. The van der Waals surface area contributed by atoms with Gasteiger partial charge in [-0.25, -0.2) is 9.78 Å². The summed E-state index contributed by atoms with van der Waals surface area (Å²) in [5.41, 5.74) is 1.12. The van der Waals surface area contributed by atoms with E-state index in [1.54, 1.807) is 12.3 Å². The van der Waals surface area contributed by atoms with Crippen LogP contribution in [0.2, 0.25) is 0 Å². The van der Waals surface area contributed by atoms with E-state index in [2.05, 4.69) is 15.0 Å². The zero-order chi connectivity index (χ0) is 19.2. The van der Waals surface area contributed by atoms with Crippen LogP contribution in [0.5, 0.6) is 5.88 Å². The average molecular weight is 371 g/mol. The Balaban J connectivity index is 1.63. The highest BCUT2D eigenvalue weighted by Gasteiger charge is 2.21. The lowest BCUT2D eigenvalue weighted by molar-refractivity contribution is -0.385. The van der Waals surface area contributed by atoms with Gasteiger partial charge in [0.25, 0.3) is 5.69 Å². The Morgan fingerprint density at radius 1 is 1.30 bits per heavy atom. The summed E-state index contributed by atoms with van der Waals surface area (Å²) < 4.78 is 10.5. The summed E-state index contributed by atoms with van der Waals surface area (Å²) in [5.74, 6) is -0.130. The molecule has 1 fully saturated rings. The van der Waals surface area contributed by atoms with Crippen LogP contribution in [0.15, 0.2) is 36.5 Å². The van der Waals surface area contributed by atoms with Gasteiger partial charge in [-0.3, -0.25) is 10.1 Å². The van der Waals surface area contributed by atoms with E-state index in [0.717, 1.165) is 18.4 Å². The first kappa shape index (κ1) is 18.6. The van der Waals surface area contributed by atoms with E-state index >= 15 is 0 Å².